The molecular formula is C16H15ClNO5S-. The number of carbonyl (C=O) groups excluding carboxylic acids is 1. The van der Waals surface area contributed by atoms with Gasteiger partial charge in [0.15, 0.2) is 0 Å². The minimum absolute atomic E-state index is 0.00788. The lowest BCUT2D eigenvalue weighted by Crippen LogP contribution is -2.29. The van der Waals surface area contributed by atoms with Gasteiger partial charge in [-0.15, -0.1) is 0 Å². The standard InChI is InChI=1S/C16H16ClNO5S/c1-11(12-5-3-2-4-6-12)18-24(21,22)13-7-8-15(14(17)9-13)23-10-16(19)20/h2-9,11,18H,10H2,1H3,(H,19,20)/p-1/t11-/m0/s1. The fourth-order valence-electron chi connectivity index (χ4n) is 2.01. The van der Waals surface area contributed by atoms with Crippen molar-refractivity contribution in [1.82, 2.24) is 4.72 Å². The fourth-order valence-corrected chi connectivity index (χ4v) is 3.57. The van der Waals surface area contributed by atoms with Crippen LogP contribution in [0.1, 0.15) is 18.5 Å². The van der Waals surface area contributed by atoms with Gasteiger partial charge in [-0.25, -0.2) is 13.1 Å². The first kappa shape index (κ1) is 18.3. The zero-order chi connectivity index (χ0) is 17.7. The molecule has 2 aromatic rings. The summed E-state index contributed by atoms with van der Waals surface area (Å²) in [5.41, 5.74) is 0.820. The second-order valence-electron chi connectivity index (χ2n) is 5.01. The van der Waals surface area contributed by atoms with Gasteiger partial charge in [-0.05, 0) is 30.7 Å². The largest absolute Gasteiger partial charge is 0.546 e. The van der Waals surface area contributed by atoms with E-state index in [0.717, 1.165) is 5.56 Å². The van der Waals surface area contributed by atoms with E-state index in [1.807, 2.05) is 30.3 Å². The van der Waals surface area contributed by atoms with Crippen molar-refractivity contribution in [1.29, 1.82) is 0 Å². The summed E-state index contributed by atoms with van der Waals surface area (Å²) in [4.78, 5) is 10.3. The van der Waals surface area contributed by atoms with Gasteiger partial charge in [-0.1, -0.05) is 41.9 Å². The molecule has 8 heteroatoms. The minimum Gasteiger partial charge on any atom is -0.546 e. The molecule has 0 radical (unpaired) electrons. The van der Waals surface area contributed by atoms with E-state index in [-0.39, 0.29) is 15.7 Å². The quantitative estimate of drug-likeness (QED) is 0.799. The second-order valence-corrected chi connectivity index (χ2v) is 7.13. The zero-order valence-corrected chi connectivity index (χ0v) is 14.3. The third kappa shape index (κ3) is 4.70. The van der Waals surface area contributed by atoms with Gasteiger partial charge in [-0.2, -0.15) is 0 Å². The highest BCUT2D eigenvalue weighted by atomic mass is 35.5. The fraction of sp³-hybridized carbons (Fsp3) is 0.188. The van der Waals surface area contributed by atoms with Crippen LogP contribution in [-0.4, -0.2) is 21.0 Å². The molecule has 128 valence electrons. The van der Waals surface area contributed by atoms with Gasteiger partial charge < -0.3 is 14.6 Å². The highest BCUT2D eigenvalue weighted by Gasteiger charge is 2.19. The Morgan fingerprint density at radius 3 is 2.50 bits per heavy atom. The van der Waals surface area contributed by atoms with E-state index in [1.165, 1.54) is 18.2 Å². The SMILES string of the molecule is C[C@H](NS(=O)(=O)c1ccc(OCC(=O)[O-])c(Cl)c1)c1ccccc1. The van der Waals surface area contributed by atoms with E-state index in [2.05, 4.69) is 4.72 Å². The van der Waals surface area contributed by atoms with E-state index in [4.69, 9.17) is 16.3 Å². The number of sulfonamides is 1. The van der Waals surface area contributed by atoms with Gasteiger partial charge in [0.1, 0.15) is 12.4 Å². The van der Waals surface area contributed by atoms with Crippen LogP contribution in [0.25, 0.3) is 0 Å². The predicted molar refractivity (Wildman–Crippen MR) is 87.1 cm³/mol. The minimum atomic E-state index is -3.80. The van der Waals surface area contributed by atoms with Crippen molar-refractivity contribution < 1.29 is 23.1 Å². The molecule has 0 amide bonds. The van der Waals surface area contributed by atoms with E-state index >= 15 is 0 Å². The van der Waals surface area contributed by atoms with E-state index in [9.17, 15) is 18.3 Å². The number of hydrogen-bond acceptors (Lipinski definition) is 5. The molecule has 0 aliphatic rings. The van der Waals surface area contributed by atoms with Gasteiger partial charge in [0.25, 0.3) is 0 Å². The van der Waals surface area contributed by atoms with Crippen molar-refractivity contribution >= 4 is 27.6 Å². The van der Waals surface area contributed by atoms with Crippen LogP contribution in [0.3, 0.4) is 0 Å². The monoisotopic (exact) mass is 368 g/mol. The van der Waals surface area contributed by atoms with Gasteiger partial charge in [0, 0.05) is 6.04 Å². The summed E-state index contributed by atoms with van der Waals surface area (Å²) in [7, 11) is -3.80. The average molecular weight is 369 g/mol. The first-order valence-corrected chi connectivity index (χ1v) is 8.85. The molecule has 0 saturated heterocycles. The van der Waals surface area contributed by atoms with E-state index in [1.54, 1.807) is 6.92 Å². The average Bonchev–Trinajstić information content (AvgIpc) is 2.54. The number of carboxylic acid groups (broad SMARTS) is 1. The first-order chi connectivity index (χ1) is 11.3. The van der Waals surface area contributed by atoms with Crippen LogP contribution in [0.2, 0.25) is 5.02 Å². The Balaban J connectivity index is 2.17. The summed E-state index contributed by atoms with van der Waals surface area (Å²) >= 11 is 5.94. The molecule has 0 saturated carbocycles. The van der Waals surface area contributed by atoms with E-state index in [0.29, 0.717) is 0 Å². The third-order valence-electron chi connectivity index (χ3n) is 3.19. The maximum Gasteiger partial charge on any atom is 0.241 e. The lowest BCUT2D eigenvalue weighted by Gasteiger charge is -2.15. The van der Waals surface area contributed by atoms with Crippen LogP contribution in [0.15, 0.2) is 53.4 Å². The highest BCUT2D eigenvalue weighted by Crippen LogP contribution is 2.28. The molecule has 0 fully saturated rings. The van der Waals surface area contributed by atoms with Crippen molar-refractivity contribution in [2.75, 3.05) is 6.61 Å². The Kier molecular flexibility index (Phi) is 5.82. The summed E-state index contributed by atoms with van der Waals surface area (Å²) in [5, 5.41) is 10.4. The molecule has 1 N–H and O–H groups in total. The molecule has 0 aliphatic carbocycles. The predicted octanol–water partition coefficient (Wildman–Crippen LogP) is 1.51. The number of halogens is 1. The van der Waals surface area contributed by atoms with Gasteiger partial charge in [0.05, 0.1) is 15.9 Å². The van der Waals surface area contributed by atoms with Crippen LogP contribution in [0.4, 0.5) is 0 Å². The summed E-state index contributed by atoms with van der Waals surface area (Å²) in [6.45, 7) is 1.06. The summed E-state index contributed by atoms with van der Waals surface area (Å²) in [6.07, 6.45) is 0. The lowest BCUT2D eigenvalue weighted by atomic mass is 10.1. The van der Waals surface area contributed by atoms with Crippen LogP contribution in [0, 0.1) is 0 Å². The van der Waals surface area contributed by atoms with Gasteiger partial charge >= 0.3 is 0 Å². The number of rotatable bonds is 7. The number of hydrogen-bond donors (Lipinski definition) is 1. The molecule has 2 rings (SSSR count). The molecule has 0 aliphatic heterocycles. The molecule has 1 atom stereocenters. The van der Waals surface area contributed by atoms with Crippen molar-refractivity contribution in [3.63, 3.8) is 0 Å². The van der Waals surface area contributed by atoms with Crippen LogP contribution in [0.5, 0.6) is 5.75 Å². The molecular weight excluding hydrogens is 354 g/mol. The number of carbonyl (C=O) groups is 1. The van der Waals surface area contributed by atoms with Crippen molar-refractivity contribution in [3.05, 3.63) is 59.1 Å². The second kappa shape index (κ2) is 7.65. The Morgan fingerprint density at radius 1 is 1.25 bits per heavy atom. The Morgan fingerprint density at radius 2 is 1.92 bits per heavy atom. The summed E-state index contributed by atoms with van der Waals surface area (Å²) < 4.78 is 32.3. The molecule has 0 heterocycles. The lowest BCUT2D eigenvalue weighted by molar-refractivity contribution is -0.307. The number of aliphatic carboxylic acids is 1. The Bertz CT molecular complexity index is 824. The Hall–Kier alpha value is -2.09. The van der Waals surface area contributed by atoms with Crippen LogP contribution in [-0.2, 0) is 14.8 Å². The first-order valence-electron chi connectivity index (χ1n) is 6.99. The van der Waals surface area contributed by atoms with Crippen molar-refractivity contribution in [2.24, 2.45) is 0 Å². The van der Waals surface area contributed by atoms with Crippen molar-refractivity contribution in [2.45, 2.75) is 17.9 Å². The van der Waals surface area contributed by atoms with Gasteiger partial charge in [-0.3, -0.25) is 0 Å². The highest BCUT2D eigenvalue weighted by molar-refractivity contribution is 7.89. The maximum absolute atomic E-state index is 12.4. The molecule has 0 bridgehead atoms. The maximum atomic E-state index is 12.4. The summed E-state index contributed by atoms with van der Waals surface area (Å²) in [5.74, 6) is -1.34. The third-order valence-corrected chi connectivity index (χ3v) is 5.02. The number of carboxylic acids is 1. The topological polar surface area (TPSA) is 95.5 Å². The molecule has 24 heavy (non-hydrogen) atoms. The number of ether oxygens (including phenoxy) is 1. The molecule has 2 aromatic carbocycles. The van der Waals surface area contributed by atoms with Crippen LogP contribution < -0.4 is 14.6 Å². The molecule has 0 spiro atoms. The number of nitrogens with one attached hydrogen (secondary N) is 1. The zero-order valence-electron chi connectivity index (χ0n) is 12.7. The van der Waals surface area contributed by atoms with E-state index < -0.39 is 28.6 Å². The number of benzene rings is 2. The Labute approximate surface area is 145 Å². The van der Waals surface area contributed by atoms with Crippen molar-refractivity contribution in [3.8, 4) is 5.75 Å². The molecule has 0 aromatic heterocycles. The van der Waals surface area contributed by atoms with Gasteiger partial charge in [0.2, 0.25) is 10.0 Å². The smallest absolute Gasteiger partial charge is 0.241 e. The molecule has 0 unspecified atom stereocenters. The van der Waals surface area contributed by atoms with Crippen LogP contribution >= 0.6 is 11.6 Å². The normalized spacial score (nSPS) is 12.6. The molecule has 6 nitrogen and oxygen atoms in total. The summed E-state index contributed by atoms with van der Waals surface area (Å²) in [6, 6.07) is 12.5.